The minimum Gasteiger partial charge on any atom is -0.504 e. The van der Waals surface area contributed by atoms with E-state index < -0.39 is 11.6 Å². The molecular weight excluding hydrogens is 365 g/mol. The number of hydrogen-bond acceptors (Lipinski definition) is 4. The average molecular weight is 385 g/mol. The summed E-state index contributed by atoms with van der Waals surface area (Å²) in [5.41, 5.74) is 9.09. The van der Waals surface area contributed by atoms with Gasteiger partial charge in [0.25, 0.3) is 0 Å². The van der Waals surface area contributed by atoms with E-state index in [9.17, 15) is 9.50 Å². The number of anilines is 1. The Labute approximate surface area is 162 Å². The van der Waals surface area contributed by atoms with E-state index in [1.165, 1.54) is 6.07 Å². The molecule has 27 heavy (non-hydrogen) atoms. The molecule has 0 bridgehead atoms. The number of aromatic hydroxyl groups is 1. The van der Waals surface area contributed by atoms with Crippen LogP contribution in [0.15, 0.2) is 36.5 Å². The van der Waals surface area contributed by atoms with Crippen molar-refractivity contribution in [3.8, 4) is 16.9 Å². The van der Waals surface area contributed by atoms with Gasteiger partial charge in [0.2, 0.25) is 0 Å². The number of nitrogens with one attached hydrogen (secondary N) is 1. The molecule has 2 aromatic carbocycles. The maximum absolute atomic E-state index is 13.9. The second kappa shape index (κ2) is 7.33. The van der Waals surface area contributed by atoms with Crippen LogP contribution >= 0.6 is 11.6 Å². The number of phenols is 1. The molecule has 1 aliphatic carbocycles. The Kier molecular flexibility index (Phi) is 4.89. The van der Waals surface area contributed by atoms with E-state index >= 15 is 0 Å². The van der Waals surface area contributed by atoms with Crippen LogP contribution in [0.5, 0.6) is 5.75 Å². The van der Waals surface area contributed by atoms with Crippen molar-refractivity contribution in [2.45, 2.75) is 37.8 Å². The smallest absolute Gasteiger partial charge is 0.170 e. The van der Waals surface area contributed by atoms with Gasteiger partial charge in [-0.3, -0.25) is 4.98 Å². The molecule has 1 aliphatic rings. The number of halogens is 2. The van der Waals surface area contributed by atoms with E-state index in [2.05, 4.69) is 16.4 Å². The SMILES string of the molecule is NC1CCC(Nc2[c]cnc3ccc(-c4cc(F)c(O)c(Cl)c4)cc23)CC1. The summed E-state index contributed by atoms with van der Waals surface area (Å²) < 4.78 is 13.9. The normalized spacial score (nSPS) is 20.0. The molecule has 1 saturated carbocycles. The molecule has 1 radical (unpaired) electrons. The predicted molar refractivity (Wildman–Crippen MR) is 107 cm³/mol. The van der Waals surface area contributed by atoms with Crippen molar-refractivity contribution >= 4 is 28.2 Å². The third kappa shape index (κ3) is 3.70. The van der Waals surface area contributed by atoms with Gasteiger partial charge in [0.15, 0.2) is 11.6 Å². The number of rotatable bonds is 3. The first-order valence-electron chi connectivity index (χ1n) is 9.02. The monoisotopic (exact) mass is 384 g/mol. The van der Waals surface area contributed by atoms with Crippen molar-refractivity contribution in [1.29, 1.82) is 0 Å². The van der Waals surface area contributed by atoms with Gasteiger partial charge in [0.1, 0.15) is 0 Å². The molecule has 4 nitrogen and oxygen atoms in total. The Morgan fingerprint density at radius 3 is 2.67 bits per heavy atom. The van der Waals surface area contributed by atoms with Crippen LogP contribution in [0, 0.1) is 11.9 Å². The summed E-state index contributed by atoms with van der Waals surface area (Å²) in [5, 5.41) is 14.0. The van der Waals surface area contributed by atoms with Gasteiger partial charge in [-0.2, -0.15) is 0 Å². The molecule has 1 aromatic heterocycles. The van der Waals surface area contributed by atoms with Crippen molar-refractivity contribution in [2.24, 2.45) is 5.73 Å². The minimum atomic E-state index is -0.743. The molecule has 1 heterocycles. The zero-order valence-electron chi connectivity index (χ0n) is 14.7. The maximum Gasteiger partial charge on any atom is 0.170 e. The van der Waals surface area contributed by atoms with E-state index in [0.717, 1.165) is 47.8 Å². The van der Waals surface area contributed by atoms with Crippen molar-refractivity contribution in [3.05, 3.63) is 53.4 Å². The van der Waals surface area contributed by atoms with Crippen LogP contribution in [-0.2, 0) is 0 Å². The lowest BCUT2D eigenvalue weighted by atomic mass is 9.91. The predicted octanol–water partition coefficient (Wildman–Crippen LogP) is 4.88. The topological polar surface area (TPSA) is 71.2 Å². The molecule has 1 fully saturated rings. The number of hydrogen-bond donors (Lipinski definition) is 3. The molecule has 4 rings (SSSR count). The van der Waals surface area contributed by atoms with Gasteiger partial charge in [-0.05, 0) is 61.1 Å². The van der Waals surface area contributed by atoms with Crippen molar-refractivity contribution in [2.75, 3.05) is 5.32 Å². The zero-order valence-corrected chi connectivity index (χ0v) is 15.4. The highest BCUT2D eigenvalue weighted by atomic mass is 35.5. The first-order chi connectivity index (χ1) is 13.0. The quantitative estimate of drug-likeness (QED) is 0.601. The van der Waals surface area contributed by atoms with Crippen LogP contribution in [0.1, 0.15) is 25.7 Å². The lowest BCUT2D eigenvalue weighted by Gasteiger charge is -2.28. The Morgan fingerprint density at radius 1 is 1.15 bits per heavy atom. The Balaban J connectivity index is 1.71. The summed E-state index contributed by atoms with van der Waals surface area (Å²) in [6, 6.07) is 12.4. The maximum atomic E-state index is 13.9. The van der Waals surface area contributed by atoms with E-state index in [1.807, 2.05) is 18.2 Å². The van der Waals surface area contributed by atoms with Crippen molar-refractivity contribution in [3.63, 3.8) is 0 Å². The second-order valence-corrected chi connectivity index (χ2v) is 7.46. The zero-order chi connectivity index (χ0) is 19.0. The lowest BCUT2D eigenvalue weighted by molar-refractivity contribution is 0.411. The molecule has 4 N–H and O–H groups in total. The van der Waals surface area contributed by atoms with Crippen LogP contribution < -0.4 is 11.1 Å². The highest BCUT2D eigenvalue weighted by Gasteiger charge is 2.19. The number of benzene rings is 2. The molecule has 6 heteroatoms. The highest BCUT2D eigenvalue weighted by molar-refractivity contribution is 6.32. The third-order valence-electron chi connectivity index (χ3n) is 5.15. The van der Waals surface area contributed by atoms with Crippen LogP contribution in [0.3, 0.4) is 0 Å². The van der Waals surface area contributed by atoms with Gasteiger partial charge in [0, 0.05) is 29.7 Å². The van der Waals surface area contributed by atoms with Crippen molar-refractivity contribution in [1.82, 2.24) is 4.98 Å². The van der Waals surface area contributed by atoms with Gasteiger partial charge in [-0.1, -0.05) is 17.7 Å². The van der Waals surface area contributed by atoms with Crippen LogP contribution in [-0.4, -0.2) is 22.2 Å². The Morgan fingerprint density at radius 2 is 1.93 bits per heavy atom. The Hall–Kier alpha value is -2.37. The Bertz CT molecular complexity index is 963. The molecule has 0 aliphatic heterocycles. The fourth-order valence-electron chi connectivity index (χ4n) is 3.59. The molecule has 3 aromatic rings. The summed E-state index contributed by atoms with van der Waals surface area (Å²) >= 11 is 5.93. The summed E-state index contributed by atoms with van der Waals surface area (Å²) in [7, 11) is 0. The number of phenolic OH excluding ortho intramolecular Hbond substituents is 1. The largest absolute Gasteiger partial charge is 0.504 e. The van der Waals surface area contributed by atoms with Gasteiger partial charge < -0.3 is 16.2 Å². The first-order valence-corrected chi connectivity index (χ1v) is 9.40. The fourth-order valence-corrected chi connectivity index (χ4v) is 3.80. The van der Waals surface area contributed by atoms with Crippen molar-refractivity contribution < 1.29 is 9.50 Å². The molecule has 0 saturated heterocycles. The molecule has 0 amide bonds. The number of nitrogens with two attached hydrogens (primary N) is 1. The minimum absolute atomic E-state index is 0.0141. The molecule has 139 valence electrons. The van der Waals surface area contributed by atoms with Gasteiger partial charge in [0.05, 0.1) is 16.2 Å². The number of pyridine rings is 1. The van der Waals surface area contributed by atoms with E-state index in [-0.39, 0.29) is 5.02 Å². The van der Waals surface area contributed by atoms with E-state index in [0.29, 0.717) is 17.6 Å². The average Bonchev–Trinajstić information content (AvgIpc) is 2.67. The van der Waals surface area contributed by atoms with Gasteiger partial charge >= 0.3 is 0 Å². The number of aromatic nitrogens is 1. The summed E-state index contributed by atoms with van der Waals surface area (Å²) in [6.07, 6.45) is 5.74. The summed E-state index contributed by atoms with van der Waals surface area (Å²) in [6.45, 7) is 0. The molecule has 0 spiro atoms. The summed E-state index contributed by atoms with van der Waals surface area (Å²) in [4.78, 5) is 4.38. The van der Waals surface area contributed by atoms with E-state index in [1.54, 1.807) is 12.3 Å². The molecular formula is C21H20ClFN3O. The lowest BCUT2D eigenvalue weighted by Crippen LogP contribution is -2.32. The van der Waals surface area contributed by atoms with Crippen LogP contribution in [0.2, 0.25) is 5.02 Å². The van der Waals surface area contributed by atoms with Crippen LogP contribution in [0.25, 0.3) is 22.0 Å². The highest BCUT2D eigenvalue weighted by Crippen LogP contribution is 2.34. The molecule has 0 unspecified atom stereocenters. The summed E-state index contributed by atoms with van der Waals surface area (Å²) in [5.74, 6) is -1.28. The number of nitrogens with zero attached hydrogens (tertiary/aromatic N) is 1. The van der Waals surface area contributed by atoms with E-state index in [4.69, 9.17) is 17.3 Å². The third-order valence-corrected chi connectivity index (χ3v) is 5.44. The van der Waals surface area contributed by atoms with Gasteiger partial charge in [-0.15, -0.1) is 0 Å². The first kappa shape index (κ1) is 18.0. The molecule has 0 atom stereocenters. The standard InChI is InChI=1S/C21H20ClFN3O/c22-17-10-13(11-18(23)21(17)27)12-1-6-19-16(9-12)20(7-8-25-19)26-15-4-2-14(24)3-5-15/h1,6,8-11,14-15,27H,2-5,24H2,(H,25,26). The fraction of sp³-hybridized carbons (Fsp3) is 0.286. The van der Waals surface area contributed by atoms with Crippen LogP contribution in [0.4, 0.5) is 10.1 Å². The second-order valence-electron chi connectivity index (χ2n) is 7.05. The van der Waals surface area contributed by atoms with Gasteiger partial charge in [-0.25, -0.2) is 4.39 Å². The number of fused-ring (bicyclic) bond motifs is 1.